The SMILES string of the molecule is CC(C)c1cc(F)cc2c1CC(=O)NS(=O)(=O)c1nn(c(CN3CCOCC3)c1F)C(C)(C)COc1cc-2ccn1. The minimum absolute atomic E-state index is 0.0419. The van der Waals surface area contributed by atoms with Crippen LogP contribution in [0.3, 0.4) is 0 Å². The zero-order chi connectivity index (χ0) is 29.5. The number of benzene rings is 1. The maximum Gasteiger partial charge on any atom is 0.286 e. The number of hydrogen-bond acceptors (Lipinski definition) is 8. The van der Waals surface area contributed by atoms with Crippen LogP contribution in [0.4, 0.5) is 8.78 Å². The van der Waals surface area contributed by atoms with Crippen molar-refractivity contribution in [2.45, 2.75) is 57.1 Å². The molecule has 1 N–H and O–H groups in total. The van der Waals surface area contributed by atoms with Crippen LogP contribution in [-0.4, -0.2) is 66.9 Å². The van der Waals surface area contributed by atoms with Crippen molar-refractivity contribution >= 4 is 15.9 Å². The normalized spacial score (nSPS) is 19.0. The van der Waals surface area contributed by atoms with Crippen molar-refractivity contribution < 1.29 is 31.5 Å². The van der Waals surface area contributed by atoms with Crippen molar-refractivity contribution in [1.29, 1.82) is 0 Å². The van der Waals surface area contributed by atoms with Gasteiger partial charge in [0.05, 0.1) is 30.9 Å². The monoisotopic (exact) mass is 589 g/mol. The van der Waals surface area contributed by atoms with Gasteiger partial charge in [0.25, 0.3) is 10.0 Å². The highest BCUT2D eigenvalue weighted by atomic mass is 32.2. The van der Waals surface area contributed by atoms with Crippen LogP contribution in [-0.2, 0) is 38.1 Å². The van der Waals surface area contributed by atoms with Gasteiger partial charge in [0, 0.05) is 31.9 Å². The molecule has 1 fully saturated rings. The lowest BCUT2D eigenvalue weighted by Gasteiger charge is -2.30. The first-order valence-corrected chi connectivity index (χ1v) is 14.9. The van der Waals surface area contributed by atoms with Crippen LogP contribution < -0.4 is 9.46 Å². The molecule has 4 heterocycles. The molecule has 2 aliphatic rings. The number of sulfonamides is 1. The van der Waals surface area contributed by atoms with Crippen molar-refractivity contribution in [3.63, 3.8) is 0 Å². The van der Waals surface area contributed by atoms with Gasteiger partial charge in [-0.2, -0.15) is 13.5 Å². The maximum absolute atomic E-state index is 16.0. The van der Waals surface area contributed by atoms with Crippen molar-refractivity contribution in [1.82, 2.24) is 24.4 Å². The van der Waals surface area contributed by atoms with Gasteiger partial charge in [-0.05, 0) is 60.2 Å². The van der Waals surface area contributed by atoms with E-state index in [1.807, 2.05) is 23.5 Å². The van der Waals surface area contributed by atoms with Gasteiger partial charge in [0.2, 0.25) is 16.8 Å². The molecule has 220 valence electrons. The fourth-order valence-electron chi connectivity index (χ4n) is 5.18. The second-order valence-corrected chi connectivity index (χ2v) is 12.8. The molecule has 0 aliphatic carbocycles. The Labute approximate surface area is 237 Å². The molecule has 1 aromatic carbocycles. The third-order valence-electron chi connectivity index (χ3n) is 7.27. The summed E-state index contributed by atoms with van der Waals surface area (Å²) in [6, 6.07) is 5.93. The van der Waals surface area contributed by atoms with Crippen LogP contribution in [0.2, 0.25) is 0 Å². The molecule has 5 rings (SSSR count). The number of rotatable bonds is 3. The Balaban J connectivity index is 1.66. The predicted octanol–water partition coefficient (Wildman–Crippen LogP) is 3.35. The summed E-state index contributed by atoms with van der Waals surface area (Å²) in [5.41, 5.74) is 0.956. The van der Waals surface area contributed by atoms with E-state index in [1.54, 1.807) is 26.0 Å². The first-order chi connectivity index (χ1) is 19.4. The summed E-state index contributed by atoms with van der Waals surface area (Å²) in [5.74, 6) is -2.39. The van der Waals surface area contributed by atoms with Crippen LogP contribution in [0.5, 0.6) is 5.88 Å². The van der Waals surface area contributed by atoms with Crippen LogP contribution in [0.25, 0.3) is 11.1 Å². The number of amides is 1. The van der Waals surface area contributed by atoms with E-state index >= 15 is 4.39 Å². The Hall–Kier alpha value is -3.42. The van der Waals surface area contributed by atoms with Crippen LogP contribution in [0.15, 0.2) is 35.5 Å². The fraction of sp³-hybridized carbons (Fsp3) is 0.464. The number of aromatic nitrogens is 3. The number of nitrogens with one attached hydrogen (secondary N) is 1. The molecular weight excluding hydrogens is 556 g/mol. The summed E-state index contributed by atoms with van der Waals surface area (Å²) in [6.07, 6.45) is 1.12. The molecule has 0 atom stereocenters. The zero-order valence-corrected chi connectivity index (χ0v) is 24.2. The van der Waals surface area contributed by atoms with Gasteiger partial charge in [0.1, 0.15) is 12.4 Å². The molecule has 4 bridgehead atoms. The lowest BCUT2D eigenvalue weighted by atomic mass is 9.88. The number of carbonyl (C=O) groups is 1. The topological polar surface area (TPSA) is 116 Å². The summed E-state index contributed by atoms with van der Waals surface area (Å²) in [7, 11) is -4.71. The van der Waals surface area contributed by atoms with Gasteiger partial charge >= 0.3 is 0 Å². The van der Waals surface area contributed by atoms with Crippen molar-refractivity contribution in [2.24, 2.45) is 0 Å². The first kappa shape index (κ1) is 29.1. The van der Waals surface area contributed by atoms with Crippen molar-refractivity contribution in [2.75, 3.05) is 32.9 Å². The molecule has 0 saturated carbocycles. The van der Waals surface area contributed by atoms with Gasteiger partial charge in [0.15, 0.2) is 5.82 Å². The highest BCUT2D eigenvalue weighted by Gasteiger charge is 2.36. The highest BCUT2D eigenvalue weighted by molar-refractivity contribution is 7.90. The molecule has 2 aliphatic heterocycles. The molecule has 10 nitrogen and oxygen atoms in total. The highest BCUT2D eigenvalue weighted by Crippen LogP contribution is 2.34. The predicted molar refractivity (Wildman–Crippen MR) is 146 cm³/mol. The maximum atomic E-state index is 16.0. The fourth-order valence-corrected chi connectivity index (χ4v) is 6.19. The van der Waals surface area contributed by atoms with E-state index in [-0.39, 0.29) is 30.6 Å². The molecule has 1 amide bonds. The average Bonchev–Trinajstić information content (AvgIpc) is 3.25. The van der Waals surface area contributed by atoms with E-state index in [0.717, 1.165) is 0 Å². The van der Waals surface area contributed by atoms with Gasteiger partial charge in [-0.1, -0.05) is 13.8 Å². The molecule has 13 heteroatoms. The molecule has 0 radical (unpaired) electrons. The smallest absolute Gasteiger partial charge is 0.286 e. The third kappa shape index (κ3) is 5.97. The largest absolute Gasteiger partial charge is 0.475 e. The molecule has 0 spiro atoms. The van der Waals surface area contributed by atoms with E-state index < -0.39 is 44.6 Å². The van der Waals surface area contributed by atoms with Crippen LogP contribution in [0.1, 0.15) is 50.4 Å². The minimum atomic E-state index is -4.71. The van der Waals surface area contributed by atoms with Gasteiger partial charge in [-0.15, -0.1) is 0 Å². The third-order valence-corrected chi connectivity index (χ3v) is 8.53. The van der Waals surface area contributed by atoms with E-state index in [4.69, 9.17) is 9.47 Å². The summed E-state index contributed by atoms with van der Waals surface area (Å²) in [4.78, 5) is 19.5. The summed E-state index contributed by atoms with van der Waals surface area (Å²) in [6.45, 7) is 9.21. The number of halogens is 2. The Morgan fingerprint density at radius 3 is 2.59 bits per heavy atom. The van der Waals surface area contributed by atoms with Crippen LogP contribution >= 0.6 is 0 Å². The molecule has 41 heavy (non-hydrogen) atoms. The molecule has 1 saturated heterocycles. The number of nitrogens with zero attached hydrogens (tertiary/aromatic N) is 4. The van der Waals surface area contributed by atoms with E-state index in [1.165, 1.54) is 23.0 Å². The number of hydrogen-bond donors (Lipinski definition) is 1. The lowest BCUT2D eigenvalue weighted by Crippen LogP contribution is -2.40. The second-order valence-electron chi connectivity index (χ2n) is 11.2. The van der Waals surface area contributed by atoms with Gasteiger partial charge < -0.3 is 9.47 Å². The Bertz CT molecular complexity index is 1580. The van der Waals surface area contributed by atoms with E-state index in [0.29, 0.717) is 48.6 Å². The molecule has 3 aromatic rings. The quantitative estimate of drug-likeness (QED) is 0.495. The van der Waals surface area contributed by atoms with E-state index in [9.17, 15) is 17.6 Å². The number of carbonyl (C=O) groups excluding carboxylic acids is 1. The van der Waals surface area contributed by atoms with E-state index in [2.05, 4.69) is 10.1 Å². The Morgan fingerprint density at radius 2 is 1.88 bits per heavy atom. The summed E-state index contributed by atoms with van der Waals surface area (Å²) < 4.78 is 72.3. The zero-order valence-electron chi connectivity index (χ0n) is 23.4. The first-order valence-electron chi connectivity index (χ1n) is 13.4. The Kier molecular flexibility index (Phi) is 7.88. The number of fused-ring (bicyclic) bond motifs is 6. The van der Waals surface area contributed by atoms with Crippen molar-refractivity contribution in [3.05, 3.63) is 58.9 Å². The number of ether oxygens (including phenoxy) is 2. The Morgan fingerprint density at radius 1 is 1.15 bits per heavy atom. The molecular formula is C28H33F2N5O5S. The second kappa shape index (κ2) is 11.1. The standard InChI is InChI=1S/C28H33F2N5O5S/c1-17(2)20-12-19(29)13-21-18-5-6-31-25(11-18)40-16-28(3,4)35-23(15-34-7-9-39-10-8-34)26(30)27(32-35)41(37,38)33-24(36)14-22(20)21/h5-6,11-13,17H,7-10,14-16H2,1-4H3,(H,33,36). The van der Waals surface area contributed by atoms with Crippen molar-refractivity contribution in [3.8, 4) is 17.0 Å². The number of morpholine rings is 1. The van der Waals surface area contributed by atoms with Gasteiger partial charge in [-0.3, -0.25) is 14.4 Å². The number of pyridine rings is 1. The minimum Gasteiger partial charge on any atom is -0.475 e. The molecule has 0 unspecified atom stereocenters. The van der Waals surface area contributed by atoms with Gasteiger partial charge in [-0.25, -0.2) is 18.5 Å². The molecule has 2 aromatic heterocycles. The van der Waals surface area contributed by atoms with Crippen LogP contribution in [0, 0.1) is 11.6 Å². The summed E-state index contributed by atoms with van der Waals surface area (Å²) in [5, 5.41) is 3.31. The average molecular weight is 590 g/mol. The summed E-state index contributed by atoms with van der Waals surface area (Å²) >= 11 is 0. The lowest BCUT2D eigenvalue weighted by molar-refractivity contribution is -0.118.